The molecule has 0 spiro atoms. The van der Waals surface area contributed by atoms with Gasteiger partial charge in [0, 0.05) is 39.3 Å². The van der Waals surface area contributed by atoms with Crippen LogP contribution in [0.15, 0.2) is 146 Å². The smallest absolute Gasteiger partial charge is 0.872 e. The molecule has 0 aliphatic carbocycles. The molecule has 0 aromatic heterocycles. The number of rotatable bonds is 36. The van der Waals surface area contributed by atoms with Crippen LogP contribution in [0.2, 0.25) is 0 Å². The number of hydrogen-bond acceptors (Lipinski definition) is 34. The summed E-state index contributed by atoms with van der Waals surface area (Å²) in [5, 5.41) is 195. The van der Waals surface area contributed by atoms with Gasteiger partial charge in [0.05, 0.1) is 21.4 Å². The van der Waals surface area contributed by atoms with Crippen molar-refractivity contribution >= 4 is 92.8 Å². The Morgan fingerprint density at radius 3 is 0.347 bits per heavy atom. The predicted octanol–water partition coefficient (Wildman–Crippen LogP) is -14.3. The van der Waals surface area contributed by atoms with E-state index in [0.29, 0.717) is 151 Å². The van der Waals surface area contributed by atoms with Crippen molar-refractivity contribution in [1.29, 1.82) is 0 Å². The van der Waals surface area contributed by atoms with Crippen molar-refractivity contribution in [3.05, 3.63) is 179 Å². The number of benzene rings is 6. The molecule has 6 aromatic carbocycles. The van der Waals surface area contributed by atoms with Crippen LogP contribution < -0.4 is 129 Å². The van der Waals surface area contributed by atoms with E-state index in [4.69, 9.17) is 130 Å². The number of alkyl halides is 8. The summed E-state index contributed by atoms with van der Waals surface area (Å²) in [5.41, 5.74) is 3.83. The normalized spacial score (nSPS) is 9.67. The maximum atomic E-state index is 11.4. The van der Waals surface area contributed by atoms with Crippen LogP contribution >= 0.6 is 92.8 Å². The van der Waals surface area contributed by atoms with E-state index < -0.39 is 20.5 Å². The molecule has 6 rings (SSSR count). The molecule has 0 heterocycles. The Hall–Kier alpha value is -0.464. The average molecular weight is 2210 g/mol. The molecule has 0 atom stereocenters. The Kier molecular flexibility index (Phi) is 141. The number of nitrogens with zero attached hydrogens (tertiary/aromatic N) is 6. The second-order valence-electron chi connectivity index (χ2n) is 20.9. The standard InChI is InChI=1S/6C11H15NO3.4CH2Cl2.2ClHO4.7Mn.2H2O/c6*13-7-5-12(6-8-14)9-10-3-1-2-4-11(10)15;4*2-1-3;2*2-1(3,4)5;;;;;;;;;/h6*1-4,15H,5-9H2;4*1H2;2*(H,2,3,4,5);;;;;;;;2*1H2/q6*-2;;;;;;;+2;6*+3;;/p-8. The van der Waals surface area contributed by atoms with Crippen LogP contribution in [-0.4, -0.2) is 220 Å². The molecule has 0 saturated carbocycles. The van der Waals surface area contributed by atoms with Crippen molar-refractivity contribution in [2.24, 2.45) is 0 Å². The van der Waals surface area contributed by atoms with E-state index in [9.17, 15) is 91.9 Å². The molecular weight excluding hydrogens is 2110 g/mol. The van der Waals surface area contributed by atoms with Crippen LogP contribution in [0.25, 0.3) is 0 Å². The van der Waals surface area contributed by atoms with Crippen LogP contribution in [0.4, 0.5) is 0 Å². The molecule has 2 N–H and O–H groups in total. The molecule has 121 heavy (non-hydrogen) atoms. The molecule has 34 nitrogen and oxygen atoms in total. The van der Waals surface area contributed by atoms with Gasteiger partial charge in [0.1, 0.15) is 0 Å². The van der Waals surface area contributed by atoms with Gasteiger partial charge in [-0.15, -0.1) is 227 Å². The van der Waals surface area contributed by atoms with Crippen LogP contribution in [0.5, 0.6) is 34.5 Å². The molecule has 0 unspecified atom stereocenters. The molecule has 0 amide bonds. The molecule has 0 aliphatic heterocycles. The van der Waals surface area contributed by atoms with Gasteiger partial charge in [0.2, 0.25) is 0 Å². The number of halogens is 10. The Morgan fingerprint density at radius 1 is 0.207 bits per heavy atom. The summed E-state index contributed by atoms with van der Waals surface area (Å²) in [7, 11) is -9.89. The van der Waals surface area contributed by atoms with Crippen molar-refractivity contribution in [3.63, 3.8) is 0 Å². The van der Waals surface area contributed by atoms with Gasteiger partial charge in [-0.25, -0.2) is 37.3 Å². The minimum absolute atomic E-state index is 0. The molecule has 1 radical (unpaired) electrons. The average Bonchev–Trinajstić information content (AvgIpc) is 0.929. The largest absolute Gasteiger partial charge is 3.00 e. The summed E-state index contributed by atoms with van der Waals surface area (Å²) in [5.74, 6) is -0.254. The zero-order chi connectivity index (χ0) is 86.4. The maximum Gasteiger partial charge on any atom is 3.00 e. The van der Waals surface area contributed by atoms with Gasteiger partial charge in [0.25, 0.3) is 0 Å². The first kappa shape index (κ1) is 155. The summed E-state index contributed by atoms with van der Waals surface area (Å²) >= 11 is 38.1. The summed E-state index contributed by atoms with van der Waals surface area (Å²) in [6, 6.07) is 40.0. The molecule has 0 fully saturated rings. The molecule has 0 saturated heterocycles. The Morgan fingerprint density at radius 2 is 0.281 bits per heavy atom. The van der Waals surface area contributed by atoms with E-state index in [1.54, 1.807) is 139 Å². The van der Waals surface area contributed by atoms with Gasteiger partial charge in [-0.3, -0.25) is 0 Å². The first-order chi connectivity index (χ1) is 53.3. The SMILES string of the molecule is ClCCl.ClCCl.ClCCl.ClCCl.[H+].[H+].[Mn+2].[Mn+3].[Mn+3].[Mn+3].[Mn+3].[Mn+3].[Mn+3].[O-]CCN(CC[O-])Cc1ccccc1[O-].[O-]CCN(CC[O-])Cc1ccccc1[O-].[O-]CCN(CC[O-])Cc1ccccc1[O-].[O-]CCN(CC[O-])Cc1ccccc1[O-].[O-]CCN(CC[O-])Cc1ccccc1[O-].[O-]CCN(CC[O-])Cc1ccccc1[O-].[O-][Cl+3]([O-])([O-])[O-].[O-][Cl+3]([O-])([O-])[O-].[OH-].[OH-]. The second-order valence-corrected chi connectivity index (χ2v) is 25.7. The topological polar surface area (TPSA) is 679 Å². The molecular formula is C70H96Cl10Mn7N6O28. The van der Waals surface area contributed by atoms with Gasteiger partial charge < -0.3 is 132 Å². The van der Waals surface area contributed by atoms with Gasteiger partial charge in [-0.05, 0) is 112 Å². The fraction of sp³-hybridized carbons (Fsp3) is 0.486. The molecule has 0 bridgehead atoms. The Labute approximate surface area is 829 Å². The van der Waals surface area contributed by atoms with Crippen LogP contribution in [0.1, 0.15) is 36.2 Å². The van der Waals surface area contributed by atoms with Gasteiger partial charge in [-0.2, -0.15) is 0 Å². The third-order valence-electron chi connectivity index (χ3n) is 13.1. The van der Waals surface area contributed by atoms with Gasteiger partial charge in [0.15, 0.2) is 0 Å². The third-order valence-corrected chi connectivity index (χ3v) is 13.1. The summed E-state index contributed by atoms with van der Waals surface area (Å²) < 4.78 is 67.9. The minimum atomic E-state index is -4.94. The molecule has 6 aromatic rings. The van der Waals surface area contributed by atoms with Crippen LogP contribution in [0.3, 0.4) is 0 Å². The monoisotopic (exact) mass is 2200 g/mol. The van der Waals surface area contributed by atoms with Crippen molar-refractivity contribution < 1.29 is 283 Å². The van der Waals surface area contributed by atoms with Gasteiger partial charge >= 0.3 is 122 Å². The minimum Gasteiger partial charge on any atom is -0.872 e. The zero-order valence-electron chi connectivity index (χ0n) is 66.5. The van der Waals surface area contributed by atoms with E-state index in [2.05, 4.69) is 0 Å². The third kappa shape index (κ3) is 105. The first-order valence-corrected chi connectivity index (χ1v) is 39.6. The van der Waals surface area contributed by atoms with Crippen LogP contribution in [-0.2, 0) is 159 Å². The van der Waals surface area contributed by atoms with Crippen LogP contribution in [0, 0.1) is 20.5 Å². The maximum absolute atomic E-state index is 11.4. The molecule has 693 valence electrons. The Balaban J connectivity index is -0.0000000684. The number of hydrogen-bond donors (Lipinski definition) is 0. The predicted molar refractivity (Wildman–Crippen MR) is 378 cm³/mol. The van der Waals surface area contributed by atoms with E-state index in [1.807, 2.05) is 0 Å². The van der Waals surface area contributed by atoms with Crippen molar-refractivity contribution in [1.82, 2.24) is 29.4 Å². The van der Waals surface area contributed by atoms with E-state index in [-0.39, 0.29) is 268 Å². The zero-order valence-corrected chi connectivity index (χ0v) is 80.3. The van der Waals surface area contributed by atoms with Gasteiger partial charge in [-0.1, -0.05) is 146 Å². The van der Waals surface area contributed by atoms with Crippen molar-refractivity contribution in [2.75, 3.05) is 179 Å². The van der Waals surface area contributed by atoms with E-state index >= 15 is 0 Å². The van der Waals surface area contributed by atoms with E-state index in [1.165, 1.54) is 36.4 Å². The summed E-state index contributed by atoms with van der Waals surface area (Å²) in [6.45, 7) is 3.16. The quantitative estimate of drug-likeness (QED) is 0.0260. The number of para-hydroxylation sites is 6. The van der Waals surface area contributed by atoms with Crippen molar-refractivity contribution in [2.45, 2.75) is 39.3 Å². The molecule has 0 aliphatic rings. The van der Waals surface area contributed by atoms with Crippen molar-refractivity contribution in [3.8, 4) is 34.5 Å². The first-order valence-electron chi connectivity index (χ1n) is 32.8. The fourth-order valence-electron chi connectivity index (χ4n) is 8.42. The summed E-state index contributed by atoms with van der Waals surface area (Å²) in [4.78, 5) is 10.3. The van der Waals surface area contributed by atoms with E-state index in [0.717, 1.165) is 0 Å². The fourth-order valence-corrected chi connectivity index (χ4v) is 8.42. The summed E-state index contributed by atoms with van der Waals surface area (Å²) in [6.07, 6.45) is 0. The second kappa shape index (κ2) is 110. The Bertz CT molecular complexity index is 2530. The molecule has 51 heteroatoms.